The van der Waals surface area contributed by atoms with Crippen LogP contribution in [0.25, 0.3) is 10.6 Å². The van der Waals surface area contributed by atoms with E-state index in [2.05, 4.69) is 20.5 Å². The number of carbonyl (C=O) groups excluding carboxylic acids is 3. The number of likely N-dealkylation sites (tertiary alicyclic amines) is 2. The Labute approximate surface area is 233 Å². The lowest BCUT2D eigenvalue weighted by atomic mass is 9.92. The Balaban J connectivity index is 1.22. The minimum Gasteiger partial charge on any atom is -0.378 e. The zero-order valence-electron chi connectivity index (χ0n) is 22.6. The predicted molar refractivity (Wildman–Crippen MR) is 151 cm³/mol. The largest absolute Gasteiger partial charge is 0.378 e. The number of benzene rings is 1. The first-order valence-electron chi connectivity index (χ1n) is 14.0. The highest BCUT2D eigenvalue weighted by molar-refractivity contribution is 7.19. The molecule has 210 valence electrons. The van der Waals surface area contributed by atoms with Gasteiger partial charge in [-0.1, -0.05) is 41.7 Å². The molecule has 3 aliphatic rings. The first kappa shape index (κ1) is 27.5. The van der Waals surface area contributed by atoms with Crippen LogP contribution < -0.4 is 10.6 Å². The van der Waals surface area contributed by atoms with Crippen molar-refractivity contribution in [2.45, 2.75) is 38.6 Å². The number of nitrogens with zero attached hydrogens (tertiary/aromatic N) is 4. The molecule has 1 unspecified atom stereocenters. The Hall–Kier alpha value is -3.02. The van der Waals surface area contributed by atoms with Crippen molar-refractivity contribution in [1.29, 1.82) is 0 Å². The van der Waals surface area contributed by atoms with Gasteiger partial charge in [0.05, 0.1) is 19.1 Å². The van der Waals surface area contributed by atoms with Crippen molar-refractivity contribution in [2.75, 3.05) is 64.3 Å². The average molecular weight is 555 g/mol. The van der Waals surface area contributed by atoms with Gasteiger partial charge in [0, 0.05) is 50.9 Å². The van der Waals surface area contributed by atoms with Gasteiger partial charge in [0.1, 0.15) is 10.0 Å². The maximum Gasteiger partial charge on any atom is 0.319 e. The lowest BCUT2D eigenvalue weighted by Crippen LogP contribution is -2.53. The fourth-order valence-electron chi connectivity index (χ4n) is 5.73. The lowest BCUT2D eigenvalue weighted by Gasteiger charge is -2.43. The number of morpholine rings is 1. The number of carbonyl (C=O) groups is 3. The number of amides is 4. The number of thiazole rings is 1. The number of piperidine rings is 2. The van der Waals surface area contributed by atoms with Crippen LogP contribution >= 0.6 is 11.3 Å². The summed E-state index contributed by atoms with van der Waals surface area (Å²) in [6.07, 6.45) is 3.69. The molecule has 3 saturated heterocycles. The predicted octanol–water partition coefficient (Wildman–Crippen LogP) is 3.13. The zero-order valence-corrected chi connectivity index (χ0v) is 23.4. The monoisotopic (exact) mass is 554 g/mol. The van der Waals surface area contributed by atoms with E-state index in [1.807, 2.05) is 47.1 Å². The van der Waals surface area contributed by atoms with Gasteiger partial charge < -0.3 is 19.9 Å². The summed E-state index contributed by atoms with van der Waals surface area (Å²) in [6.45, 7) is 8.01. The van der Waals surface area contributed by atoms with Crippen molar-refractivity contribution in [1.82, 2.24) is 25.0 Å². The molecule has 2 aromatic rings. The highest BCUT2D eigenvalue weighted by Crippen LogP contribution is 2.34. The normalized spacial score (nSPS) is 21.0. The summed E-state index contributed by atoms with van der Waals surface area (Å²) in [5.41, 5.74) is 1.20. The molecular weight excluding hydrogens is 516 g/mol. The van der Waals surface area contributed by atoms with Gasteiger partial charge in [-0.15, -0.1) is 0 Å². The Bertz CT molecular complexity index is 1140. The van der Waals surface area contributed by atoms with Crippen LogP contribution in [-0.4, -0.2) is 103 Å². The molecule has 39 heavy (non-hydrogen) atoms. The van der Waals surface area contributed by atoms with E-state index < -0.39 is 0 Å². The molecule has 5 rings (SSSR count). The molecule has 1 aromatic carbocycles. The average Bonchev–Trinajstić information content (AvgIpc) is 3.41. The Kier molecular flexibility index (Phi) is 9.10. The minimum absolute atomic E-state index is 0.0471. The maximum absolute atomic E-state index is 13.6. The molecule has 11 heteroatoms. The van der Waals surface area contributed by atoms with Crippen molar-refractivity contribution in [2.24, 2.45) is 5.92 Å². The number of rotatable bonds is 6. The van der Waals surface area contributed by atoms with E-state index in [1.54, 1.807) is 0 Å². The highest BCUT2D eigenvalue weighted by Gasteiger charge is 2.35. The maximum atomic E-state index is 13.6. The molecule has 0 bridgehead atoms. The molecule has 0 spiro atoms. The van der Waals surface area contributed by atoms with Gasteiger partial charge in [-0.25, -0.2) is 9.78 Å². The van der Waals surface area contributed by atoms with Crippen LogP contribution in [0.15, 0.2) is 30.3 Å². The van der Waals surface area contributed by atoms with Crippen LogP contribution in [0, 0.1) is 5.92 Å². The Morgan fingerprint density at radius 2 is 1.74 bits per heavy atom. The molecular formula is C28H38N6O4S. The van der Waals surface area contributed by atoms with Crippen molar-refractivity contribution >= 4 is 34.2 Å². The van der Waals surface area contributed by atoms with E-state index >= 15 is 0 Å². The van der Waals surface area contributed by atoms with Crippen molar-refractivity contribution in [3.8, 4) is 10.6 Å². The van der Waals surface area contributed by atoms with Crippen LogP contribution in [0.2, 0.25) is 0 Å². The summed E-state index contributed by atoms with van der Waals surface area (Å²) in [6, 6.07) is 9.70. The SMILES string of the molecule is CCNC(=O)Nc1sc(-c2ccccc2)nc1C(=O)N1CCC(N2CCCC(C(=O)N3CCOCC3)C2)CC1. The van der Waals surface area contributed by atoms with Gasteiger partial charge in [-0.3, -0.25) is 19.8 Å². The van der Waals surface area contributed by atoms with Gasteiger partial charge in [0.15, 0.2) is 5.69 Å². The molecule has 3 aliphatic heterocycles. The first-order chi connectivity index (χ1) is 19.0. The molecule has 10 nitrogen and oxygen atoms in total. The summed E-state index contributed by atoms with van der Waals surface area (Å²) < 4.78 is 5.41. The minimum atomic E-state index is -0.347. The fourth-order valence-corrected chi connectivity index (χ4v) is 6.68. The summed E-state index contributed by atoms with van der Waals surface area (Å²) in [7, 11) is 0. The van der Waals surface area contributed by atoms with Crippen LogP contribution in [-0.2, 0) is 9.53 Å². The van der Waals surface area contributed by atoms with Crippen molar-refractivity contribution in [3.63, 3.8) is 0 Å². The number of aromatic nitrogens is 1. The van der Waals surface area contributed by atoms with Gasteiger partial charge >= 0.3 is 6.03 Å². The number of anilines is 1. The standard InChI is InChI=1S/C28H38N6O4S/c1-2-29-28(37)31-25-23(30-24(39-25)20-7-4-3-5-8-20)27(36)32-13-10-22(11-14-32)34-12-6-9-21(19-34)26(35)33-15-17-38-18-16-33/h3-5,7-8,21-22H,2,6,9-19H2,1H3,(H2,29,31,37). The molecule has 0 aliphatic carbocycles. The van der Waals surface area contributed by atoms with E-state index in [-0.39, 0.29) is 29.5 Å². The summed E-state index contributed by atoms with van der Waals surface area (Å²) in [5.74, 6) is 0.157. The second-order valence-corrected chi connectivity index (χ2v) is 11.3. The van der Waals surface area contributed by atoms with Gasteiger partial charge in [-0.2, -0.15) is 0 Å². The molecule has 4 heterocycles. The molecule has 0 saturated carbocycles. The fraction of sp³-hybridized carbons (Fsp3) is 0.571. The van der Waals surface area contributed by atoms with Crippen molar-refractivity contribution < 1.29 is 19.1 Å². The summed E-state index contributed by atoms with van der Waals surface area (Å²) in [4.78, 5) is 50.0. The second kappa shape index (κ2) is 12.9. The molecule has 1 atom stereocenters. The number of nitrogens with one attached hydrogen (secondary N) is 2. The Morgan fingerprint density at radius 3 is 2.46 bits per heavy atom. The van der Waals surface area contributed by atoms with Crippen LogP contribution in [0.4, 0.5) is 9.80 Å². The smallest absolute Gasteiger partial charge is 0.319 e. The third kappa shape index (κ3) is 6.59. The number of urea groups is 1. The van der Waals surface area contributed by atoms with E-state index in [4.69, 9.17) is 4.74 Å². The topological polar surface area (TPSA) is 107 Å². The molecule has 4 amide bonds. The molecule has 0 radical (unpaired) electrons. The highest BCUT2D eigenvalue weighted by atomic mass is 32.1. The Morgan fingerprint density at radius 1 is 1.00 bits per heavy atom. The number of ether oxygens (including phenoxy) is 1. The van der Waals surface area contributed by atoms with E-state index in [9.17, 15) is 14.4 Å². The van der Waals surface area contributed by atoms with Crippen LogP contribution in [0.5, 0.6) is 0 Å². The number of hydrogen-bond acceptors (Lipinski definition) is 7. The van der Waals surface area contributed by atoms with E-state index in [0.29, 0.717) is 62.0 Å². The lowest BCUT2D eigenvalue weighted by molar-refractivity contribution is -0.141. The molecule has 2 N–H and O–H groups in total. The second-order valence-electron chi connectivity index (χ2n) is 10.3. The van der Waals surface area contributed by atoms with Crippen LogP contribution in [0.1, 0.15) is 43.1 Å². The third-order valence-corrected chi connectivity index (χ3v) is 8.83. The molecule has 1 aromatic heterocycles. The molecule has 3 fully saturated rings. The number of hydrogen-bond donors (Lipinski definition) is 2. The summed E-state index contributed by atoms with van der Waals surface area (Å²) >= 11 is 1.31. The van der Waals surface area contributed by atoms with E-state index in [1.165, 1.54) is 11.3 Å². The van der Waals surface area contributed by atoms with Gasteiger partial charge in [0.25, 0.3) is 5.91 Å². The van der Waals surface area contributed by atoms with E-state index in [0.717, 1.165) is 44.3 Å². The van der Waals surface area contributed by atoms with Gasteiger partial charge in [-0.05, 0) is 39.2 Å². The third-order valence-electron chi connectivity index (χ3n) is 7.81. The van der Waals surface area contributed by atoms with Crippen LogP contribution in [0.3, 0.4) is 0 Å². The first-order valence-corrected chi connectivity index (χ1v) is 14.9. The summed E-state index contributed by atoms with van der Waals surface area (Å²) in [5, 5.41) is 6.72. The zero-order chi connectivity index (χ0) is 27.2. The van der Waals surface area contributed by atoms with Crippen molar-refractivity contribution in [3.05, 3.63) is 36.0 Å². The van der Waals surface area contributed by atoms with Gasteiger partial charge in [0.2, 0.25) is 5.91 Å². The quantitative estimate of drug-likeness (QED) is 0.568.